The molecule has 122 valence electrons. The summed E-state index contributed by atoms with van der Waals surface area (Å²) in [5.74, 6) is 0.715. The number of carbonyl (C=O) groups excluding carboxylic acids is 1. The Morgan fingerprint density at radius 3 is 3.00 bits per heavy atom. The Hall–Kier alpha value is -1.73. The molecule has 1 saturated heterocycles. The fourth-order valence-electron chi connectivity index (χ4n) is 3.41. The van der Waals surface area contributed by atoms with Gasteiger partial charge in [-0.05, 0) is 37.8 Å². The Bertz CT molecular complexity index is 756. The molecule has 23 heavy (non-hydrogen) atoms. The van der Waals surface area contributed by atoms with Crippen LogP contribution in [0.25, 0.3) is 11.2 Å². The molecular formula is C15H19ClN6O. The van der Waals surface area contributed by atoms with Crippen molar-refractivity contribution < 1.29 is 4.79 Å². The monoisotopic (exact) mass is 334 g/mol. The van der Waals surface area contributed by atoms with Gasteiger partial charge < -0.3 is 10.1 Å². The summed E-state index contributed by atoms with van der Waals surface area (Å²) < 4.78 is 1.86. The first-order valence-corrected chi connectivity index (χ1v) is 8.39. The van der Waals surface area contributed by atoms with Gasteiger partial charge >= 0.3 is 0 Å². The smallest absolute Gasteiger partial charge is 0.205 e. The molecule has 2 aromatic rings. The van der Waals surface area contributed by atoms with Gasteiger partial charge in [-0.3, -0.25) is 9.47 Å². The summed E-state index contributed by atoms with van der Waals surface area (Å²) in [6, 6.07) is 0.260. The van der Waals surface area contributed by atoms with Crippen LogP contribution in [0.5, 0.6) is 0 Å². The fraction of sp³-hybridized carbons (Fsp3) is 0.600. The van der Waals surface area contributed by atoms with Gasteiger partial charge in [0.25, 0.3) is 0 Å². The van der Waals surface area contributed by atoms with Crippen molar-refractivity contribution in [1.82, 2.24) is 24.4 Å². The third-order valence-corrected chi connectivity index (χ3v) is 5.23. The summed E-state index contributed by atoms with van der Waals surface area (Å²) in [5, 5.41) is 3.89. The Morgan fingerprint density at radius 1 is 1.48 bits per heavy atom. The van der Waals surface area contributed by atoms with Crippen molar-refractivity contribution in [2.45, 2.75) is 44.3 Å². The molecule has 7 nitrogen and oxygen atoms in total. The van der Waals surface area contributed by atoms with Crippen molar-refractivity contribution in [1.29, 1.82) is 0 Å². The van der Waals surface area contributed by atoms with E-state index < -0.39 is 0 Å². The highest BCUT2D eigenvalue weighted by Crippen LogP contribution is 2.41. The second-order valence-corrected chi connectivity index (χ2v) is 6.66. The number of aldehydes is 1. The molecule has 0 unspecified atom stereocenters. The number of nitrogens with one attached hydrogen (secondary N) is 1. The number of rotatable bonds is 5. The van der Waals surface area contributed by atoms with Crippen molar-refractivity contribution in [3.8, 4) is 0 Å². The number of nitrogens with zero attached hydrogens (tertiary/aromatic N) is 5. The number of fused-ring (bicyclic) bond motifs is 1. The molecule has 3 heterocycles. The molecule has 2 aliphatic rings. The van der Waals surface area contributed by atoms with Crippen LogP contribution < -0.4 is 5.32 Å². The lowest BCUT2D eigenvalue weighted by atomic mass is 10.2. The van der Waals surface area contributed by atoms with E-state index in [1.807, 2.05) is 11.5 Å². The number of hydrogen-bond donors (Lipinski definition) is 1. The maximum atomic E-state index is 11.3. The van der Waals surface area contributed by atoms with Gasteiger partial charge in [0.1, 0.15) is 12.6 Å². The lowest BCUT2D eigenvalue weighted by Gasteiger charge is -2.22. The molecule has 0 amide bonds. The van der Waals surface area contributed by atoms with Gasteiger partial charge in [-0.2, -0.15) is 0 Å². The van der Waals surface area contributed by atoms with E-state index in [0.717, 1.165) is 44.3 Å². The summed E-state index contributed by atoms with van der Waals surface area (Å²) in [5.41, 5.74) is 1.26. The molecule has 1 atom stereocenters. The van der Waals surface area contributed by atoms with Gasteiger partial charge in [-0.25, -0.2) is 15.0 Å². The number of imidazole rings is 1. The Labute approximate surface area is 139 Å². The predicted octanol–water partition coefficient (Wildman–Crippen LogP) is 1.72. The van der Waals surface area contributed by atoms with Crippen LogP contribution in [0.1, 0.15) is 26.2 Å². The molecule has 8 heteroatoms. The van der Waals surface area contributed by atoms with Gasteiger partial charge in [-0.1, -0.05) is 0 Å². The first-order chi connectivity index (χ1) is 11.2. The van der Waals surface area contributed by atoms with Crippen molar-refractivity contribution >= 4 is 34.9 Å². The van der Waals surface area contributed by atoms with Crippen LogP contribution >= 0.6 is 11.6 Å². The van der Waals surface area contributed by atoms with Crippen LogP contribution in [0.2, 0.25) is 5.28 Å². The number of likely N-dealkylation sites (tertiary alicyclic amines) is 1. The highest BCUT2D eigenvalue weighted by atomic mass is 35.5. The predicted molar refractivity (Wildman–Crippen MR) is 87.6 cm³/mol. The highest BCUT2D eigenvalue weighted by Gasteiger charge is 2.50. The van der Waals surface area contributed by atoms with Gasteiger partial charge in [0.15, 0.2) is 17.0 Å². The van der Waals surface area contributed by atoms with Crippen molar-refractivity contribution in [2.24, 2.45) is 0 Å². The van der Waals surface area contributed by atoms with Gasteiger partial charge in [0.05, 0.1) is 5.54 Å². The summed E-state index contributed by atoms with van der Waals surface area (Å²) >= 11 is 6.18. The standard InChI is InChI=1S/C15H19ClN6O/c1-2-22-13-11(20-14(22)16)12(17-9-18-13)19-10-3-6-21(7-10)15(8-23)4-5-15/h8-10H,2-7H2,1H3,(H,17,18,19)/t10-/m0/s1. The molecule has 1 N–H and O–H groups in total. The second-order valence-electron chi connectivity index (χ2n) is 6.32. The number of halogens is 1. The molecular weight excluding hydrogens is 316 g/mol. The maximum absolute atomic E-state index is 11.3. The SMILES string of the molecule is CCn1c(Cl)nc2c(N[C@H]3CCN(C4(C=O)CC4)C3)ncnc21. The van der Waals surface area contributed by atoms with Crippen LogP contribution in [-0.4, -0.2) is 55.4 Å². The van der Waals surface area contributed by atoms with E-state index in [0.29, 0.717) is 23.2 Å². The van der Waals surface area contributed by atoms with Gasteiger partial charge in [0, 0.05) is 25.7 Å². The average Bonchev–Trinajstić information content (AvgIpc) is 3.09. The maximum Gasteiger partial charge on any atom is 0.205 e. The Balaban J connectivity index is 1.56. The summed E-state index contributed by atoms with van der Waals surface area (Å²) in [6.07, 6.45) is 5.61. The summed E-state index contributed by atoms with van der Waals surface area (Å²) in [4.78, 5) is 26.6. The number of aromatic nitrogens is 4. The first-order valence-electron chi connectivity index (χ1n) is 8.01. The number of carbonyl (C=O) groups is 1. The molecule has 0 bridgehead atoms. The number of hydrogen-bond acceptors (Lipinski definition) is 6. The molecule has 1 aliphatic carbocycles. The topological polar surface area (TPSA) is 75.9 Å². The molecule has 0 spiro atoms. The lowest BCUT2D eigenvalue weighted by Crippen LogP contribution is -2.38. The van der Waals surface area contributed by atoms with Crippen LogP contribution in [0.15, 0.2) is 6.33 Å². The van der Waals surface area contributed by atoms with Crippen molar-refractivity contribution in [3.05, 3.63) is 11.6 Å². The van der Waals surface area contributed by atoms with E-state index in [1.165, 1.54) is 6.33 Å². The van der Waals surface area contributed by atoms with E-state index in [2.05, 4.69) is 25.2 Å². The Kier molecular flexibility index (Phi) is 3.50. The normalized spacial score (nSPS) is 23.3. The molecule has 1 saturated carbocycles. The van der Waals surface area contributed by atoms with E-state index in [4.69, 9.17) is 11.6 Å². The average molecular weight is 335 g/mol. The largest absolute Gasteiger partial charge is 0.364 e. The van der Waals surface area contributed by atoms with E-state index in [1.54, 1.807) is 0 Å². The highest BCUT2D eigenvalue weighted by molar-refractivity contribution is 6.29. The molecule has 0 radical (unpaired) electrons. The zero-order valence-corrected chi connectivity index (χ0v) is 13.8. The second kappa shape index (κ2) is 5.42. The minimum Gasteiger partial charge on any atom is -0.364 e. The third kappa shape index (κ3) is 2.38. The fourth-order valence-corrected chi connectivity index (χ4v) is 3.69. The van der Waals surface area contributed by atoms with Gasteiger partial charge in [-0.15, -0.1) is 0 Å². The van der Waals surface area contributed by atoms with E-state index in [-0.39, 0.29) is 11.6 Å². The molecule has 4 rings (SSSR count). The van der Waals surface area contributed by atoms with Crippen molar-refractivity contribution in [3.63, 3.8) is 0 Å². The number of aryl methyl sites for hydroxylation is 1. The molecule has 1 aliphatic heterocycles. The zero-order valence-electron chi connectivity index (χ0n) is 13.0. The van der Waals surface area contributed by atoms with Crippen LogP contribution in [0.3, 0.4) is 0 Å². The quantitative estimate of drug-likeness (QED) is 0.662. The molecule has 2 fully saturated rings. The van der Waals surface area contributed by atoms with Gasteiger partial charge in [0.2, 0.25) is 5.28 Å². The minimum atomic E-state index is -0.190. The van der Waals surface area contributed by atoms with Crippen LogP contribution in [-0.2, 0) is 11.3 Å². The van der Waals surface area contributed by atoms with Crippen LogP contribution in [0, 0.1) is 0 Å². The summed E-state index contributed by atoms with van der Waals surface area (Å²) in [6.45, 7) is 4.51. The van der Waals surface area contributed by atoms with E-state index >= 15 is 0 Å². The number of anilines is 1. The minimum absolute atomic E-state index is 0.190. The van der Waals surface area contributed by atoms with Crippen molar-refractivity contribution in [2.75, 3.05) is 18.4 Å². The zero-order chi connectivity index (χ0) is 16.0. The molecule has 0 aromatic carbocycles. The summed E-state index contributed by atoms with van der Waals surface area (Å²) in [7, 11) is 0. The third-order valence-electron chi connectivity index (χ3n) is 4.94. The van der Waals surface area contributed by atoms with E-state index in [9.17, 15) is 4.79 Å². The van der Waals surface area contributed by atoms with Crippen LogP contribution in [0.4, 0.5) is 5.82 Å². The first kappa shape index (κ1) is 14.8. The molecule has 2 aromatic heterocycles. The Morgan fingerprint density at radius 2 is 2.30 bits per heavy atom. The lowest BCUT2D eigenvalue weighted by molar-refractivity contribution is -0.113.